The minimum Gasteiger partial charge on any atom is -0.361 e. The SMILES string of the molecule is CC(=O)c1c[nH]c2ncnc(N[C@@H](C)c3cc4cccc(C)c4c(=O)n3-c3ccccc3)c12. The van der Waals surface area contributed by atoms with Crippen molar-refractivity contribution in [3.05, 3.63) is 94.3 Å². The van der Waals surface area contributed by atoms with Gasteiger partial charge in [-0.3, -0.25) is 14.2 Å². The highest BCUT2D eigenvalue weighted by Crippen LogP contribution is 2.29. The average Bonchev–Trinajstić information content (AvgIpc) is 3.25. The maximum Gasteiger partial charge on any atom is 0.263 e. The molecule has 2 aromatic carbocycles. The molecule has 2 N–H and O–H groups in total. The molecule has 33 heavy (non-hydrogen) atoms. The number of H-pyrrole nitrogens is 1. The van der Waals surface area contributed by atoms with Crippen LogP contribution in [0.2, 0.25) is 0 Å². The molecule has 5 rings (SSSR count). The number of fused-ring (bicyclic) bond motifs is 2. The minimum atomic E-state index is -0.296. The predicted molar refractivity (Wildman–Crippen MR) is 130 cm³/mol. The number of nitrogens with one attached hydrogen (secondary N) is 2. The summed E-state index contributed by atoms with van der Waals surface area (Å²) in [5.41, 5.74) is 3.55. The number of rotatable bonds is 5. The zero-order valence-corrected chi connectivity index (χ0v) is 18.6. The molecule has 3 aromatic heterocycles. The zero-order valence-electron chi connectivity index (χ0n) is 18.6. The number of hydrogen-bond acceptors (Lipinski definition) is 5. The van der Waals surface area contributed by atoms with Crippen LogP contribution in [-0.2, 0) is 0 Å². The van der Waals surface area contributed by atoms with Crippen LogP contribution in [0.3, 0.4) is 0 Å². The molecule has 164 valence electrons. The molecule has 0 fully saturated rings. The molecule has 0 bridgehead atoms. The second-order valence-electron chi connectivity index (χ2n) is 8.15. The third-order valence-corrected chi connectivity index (χ3v) is 5.94. The molecule has 0 amide bonds. The fourth-order valence-corrected chi connectivity index (χ4v) is 4.35. The first-order valence-electron chi connectivity index (χ1n) is 10.8. The summed E-state index contributed by atoms with van der Waals surface area (Å²) in [5.74, 6) is 0.462. The fourth-order valence-electron chi connectivity index (χ4n) is 4.35. The molecule has 1 atom stereocenters. The summed E-state index contributed by atoms with van der Waals surface area (Å²) in [4.78, 5) is 37.5. The number of carbonyl (C=O) groups excluding carboxylic acids is 1. The van der Waals surface area contributed by atoms with Gasteiger partial charge in [0.05, 0.1) is 16.8 Å². The summed E-state index contributed by atoms with van der Waals surface area (Å²) in [6.45, 7) is 5.44. The Balaban J connectivity index is 1.71. The summed E-state index contributed by atoms with van der Waals surface area (Å²) >= 11 is 0. The summed E-state index contributed by atoms with van der Waals surface area (Å²) < 4.78 is 1.74. The molecule has 0 aliphatic carbocycles. The summed E-state index contributed by atoms with van der Waals surface area (Å²) in [6.07, 6.45) is 3.10. The number of ketones is 1. The maximum absolute atomic E-state index is 13.7. The smallest absolute Gasteiger partial charge is 0.263 e. The van der Waals surface area contributed by atoms with Crippen LogP contribution in [0.1, 0.15) is 41.5 Å². The largest absolute Gasteiger partial charge is 0.361 e. The number of hydrogen-bond donors (Lipinski definition) is 2. The van der Waals surface area contributed by atoms with E-state index in [2.05, 4.69) is 20.3 Å². The van der Waals surface area contributed by atoms with E-state index in [4.69, 9.17) is 0 Å². The van der Waals surface area contributed by atoms with Gasteiger partial charge >= 0.3 is 0 Å². The van der Waals surface area contributed by atoms with Crippen LogP contribution >= 0.6 is 0 Å². The van der Waals surface area contributed by atoms with Gasteiger partial charge in [0.1, 0.15) is 17.8 Å². The number of aromatic nitrogens is 4. The van der Waals surface area contributed by atoms with Gasteiger partial charge in [0.25, 0.3) is 5.56 Å². The van der Waals surface area contributed by atoms with Crippen molar-refractivity contribution in [3.8, 4) is 5.69 Å². The molecule has 7 heteroatoms. The minimum absolute atomic E-state index is 0.0700. The number of para-hydroxylation sites is 1. The van der Waals surface area contributed by atoms with Gasteiger partial charge in [-0.2, -0.15) is 0 Å². The third kappa shape index (κ3) is 3.47. The first kappa shape index (κ1) is 20.6. The molecular formula is C26H23N5O2. The number of Topliss-reactive ketones (excluding diaryl/α,β-unsaturated/α-hetero) is 1. The molecule has 0 aliphatic heterocycles. The predicted octanol–water partition coefficient (Wildman–Crippen LogP) is 4.95. The second-order valence-corrected chi connectivity index (χ2v) is 8.15. The van der Waals surface area contributed by atoms with E-state index in [1.54, 1.807) is 10.8 Å². The third-order valence-electron chi connectivity index (χ3n) is 5.94. The number of carbonyl (C=O) groups is 1. The number of nitrogens with zero attached hydrogens (tertiary/aromatic N) is 3. The summed E-state index contributed by atoms with van der Waals surface area (Å²) in [7, 11) is 0. The van der Waals surface area contributed by atoms with Crippen molar-refractivity contribution in [2.45, 2.75) is 26.8 Å². The van der Waals surface area contributed by atoms with Crippen molar-refractivity contribution in [1.82, 2.24) is 19.5 Å². The van der Waals surface area contributed by atoms with Gasteiger partial charge in [-0.1, -0.05) is 36.4 Å². The van der Waals surface area contributed by atoms with E-state index in [-0.39, 0.29) is 17.4 Å². The Kier molecular flexibility index (Phi) is 5.01. The van der Waals surface area contributed by atoms with E-state index in [9.17, 15) is 9.59 Å². The lowest BCUT2D eigenvalue weighted by Gasteiger charge is -2.22. The van der Waals surface area contributed by atoms with E-state index in [0.29, 0.717) is 27.8 Å². The van der Waals surface area contributed by atoms with E-state index in [0.717, 1.165) is 22.3 Å². The molecule has 0 unspecified atom stereocenters. The Labute approximate surface area is 190 Å². The molecule has 0 saturated heterocycles. The number of aryl methyl sites for hydroxylation is 1. The van der Waals surface area contributed by atoms with Gasteiger partial charge in [-0.05, 0) is 49.9 Å². The zero-order chi connectivity index (χ0) is 23.1. The van der Waals surface area contributed by atoms with E-state index in [1.165, 1.54) is 13.3 Å². The number of anilines is 1. The van der Waals surface area contributed by atoms with Crippen molar-refractivity contribution >= 4 is 33.4 Å². The molecule has 7 nitrogen and oxygen atoms in total. The van der Waals surface area contributed by atoms with Gasteiger partial charge in [-0.25, -0.2) is 9.97 Å². The maximum atomic E-state index is 13.7. The summed E-state index contributed by atoms with van der Waals surface area (Å²) in [5, 5.41) is 5.64. The van der Waals surface area contributed by atoms with E-state index >= 15 is 0 Å². The van der Waals surface area contributed by atoms with Crippen molar-refractivity contribution in [2.75, 3.05) is 5.32 Å². The molecule has 5 aromatic rings. The molecule has 3 heterocycles. The Bertz CT molecular complexity index is 1570. The highest BCUT2D eigenvalue weighted by molar-refractivity contribution is 6.09. The summed E-state index contributed by atoms with van der Waals surface area (Å²) in [6, 6.07) is 17.2. The van der Waals surface area contributed by atoms with E-state index in [1.807, 2.05) is 68.4 Å². The van der Waals surface area contributed by atoms with Crippen LogP contribution in [0.15, 0.2) is 71.9 Å². The van der Waals surface area contributed by atoms with Gasteiger partial charge in [0, 0.05) is 23.1 Å². The Hall–Kier alpha value is -4.26. The van der Waals surface area contributed by atoms with E-state index < -0.39 is 0 Å². The molecule has 0 saturated carbocycles. The average molecular weight is 438 g/mol. The topological polar surface area (TPSA) is 92.7 Å². The van der Waals surface area contributed by atoms with Gasteiger partial charge in [0.15, 0.2) is 5.78 Å². The van der Waals surface area contributed by atoms with Gasteiger partial charge in [-0.15, -0.1) is 0 Å². The number of pyridine rings is 1. The lowest BCUT2D eigenvalue weighted by atomic mass is 10.0. The van der Waals surface area contributed by atoms with Crippen LogP contribution in [-0.4, -0.2) is 25.3 Å². The Morgan fingerprint density at radius 1 is 1.06 bits per heavy atom. The van der Waals surface area contributed by atoms with Crippen molar-refractivity contribution in [1.29, 1.82) is 0 Å². The van der Waals surface area contributed by atoms with Crippen LogP contribution in [0.5, 0.6) is 0 Å². The second kappa shape index (κ2) is 8.02. The standard InChI is InChI=1S/C26H23N5O2/c1-15-8-7-9-18-12-21(31(26(33)22(15)18)19-10-5-4-6-11-19)16(2)30-25-23-20(17(3)32)13-27-24(23)28-14-29-25/h4-14,16H,1-3H3,(H2,27,28,29,30)/t16-/m0/s1. The normalized spacial score (nSPS) is 12.2. The lowest BCUT2D eigenvalue weighted by molar-refractivity contribution is 0.101. The van der Waals surface area contributed by atoms with Crippen LogP contribution in [0, 0.1) is 6.92 Å². The quantitative estimate of drug-likeness (QED) is 0.380. The van der Waals surface area contributed by atoms with Gasteiger partial charge in [0.2, 0.25) is 0 Å². The van der Waals surface area contributed by atoms with Crippen LogP contribution in [0.25, 0.3) is 27.5 Å². The first-order valence-corrected chi connectivity index (χ1v) is 10.8. The van der Waals surface area contributed by atoms with Gasteiger partial charge < -0.3 is 10.3 Å². The monoisotopic (exact) mass is 437 g/mol. The number of benzene rings is 2. The fraction of sp³-hybridized carbons (Fsp3) is 0.154. The first-order chi connectivity index (χ1) is 16.0. The molecule has 0 radical (unpaired) electrons. The van der Waals surface area contributed by atoms with Crippen molar-refractivity contribution in [2.24, 2.45) is 0 Å². The highest BCUT2D eigenvalue weighted by atomic mass is 16.1. The van der Waals surface area contributed by atoms with Crippen LogP contribution < -0.4 is 10.9 Å². The van der Waals surface area contributed by atoms with Crippen molar-refractivity contribution < 1.29 is 4.79 Å². The Morgan fingerprint density at radius 3 is 2.61 bits per heavy atom. The molecule has 0 spiro atoms. The molecule has 0 aliphatic rings. The molecular weight excluding hydrogens is 414 g/mol. The number of aromatic amines is 1. The lowest BCUT2D eigenvalue weighted by Crippen LogP contribution is -2.26. The highest BCUT2D eigenvalue weighted by Gasteiger charge is 2.20. The van der Waals surface area contributed by atoms with Crippen molar-refractivity contribution in [3.63, 3.8) is 0 Å². The Morgan fingerprint density at radius 2 is 1.85 bits per heavy atom. The van der Waals surface area contributed by atoms with Crippen LogP contribution in [0.4, 0.5) is 5.82 Å².